The second-order valence-electron chi connectivity index (χ2n) is 2.22. The molecular formula is C7H10ClNO3. The SMILES string of the molecule is Cl.NC(CC(=O)O)c1ccco1. The van der Waals surface area contributed by atoms with Crippen LogP contribution in [0.15, 0.2) is 22.8 Å². The van der Waals surface area contributed by atoms with Crippen molar-refractivity contribution in [1.82, 2.24) is 0 Å². The number of carboxylic acids is 1. The van der Waals surface area contributed by atoms with Gasteiger partial charge in [0.05, 0.1) is 18.7 Å². The van der Waals surface area contributed by atoms with Crippen molar-refractivity contribution < 1.29 is 14.3 Å². The van der Waals surface area contributed by atoms with Gasteiger partial charge in [-0.15, -0.1) is 12.4 Å². The molecule has 3 N–H and O–H groups in total. The highest BCUT2D eigenvalue weighted by atomic mass is 35.5. The zero-order chi connectivity index (χ0) is 8.27. The Morgan fingerprint density at radius 2 is 2.42 bits per heavy atom. The molecule has 5 heteroatoms. The first-order valence-corrected chi connectivity index (χ1v) is 3.21. The summed E-state index contributed by atoms with van der Waals surface area (Å²) in [5, 5.41) is 8.36. The third-order valence-corrected chi connectivity index (χ3v) is 1.30. The molecule has 1 heterocycles. The molecule has 0 amide bonds. The van der Waals surface area contributed by atoms with Crippen LogP contribution in [0.2, 0.25) is 0 Å². The van der Waals surface area contributed by atoms with E-state index in [1.54, 1.807) is 12.1 Å². The lowest BCUT2D eigenvalue weighted by Gasteiger charge is -2.03. The molecule has 1 aromatic heterocycles. The second-order valence-corrected chi connectivity index (χ2v) is 2.22. The minimum absolute atomic E-state index is 0. The van der Waals surface area contributed by atoms with Gasteiger partial charge in [-0.05, 0) is 12.1 Å². The smallest absolute Gasteiger partial charge is 0.305 e. The van der Waals surface area contributed by atoms with E-state index >= 15 is 0 Å². The predicted molar refractivity (Wildman–Crippen MR) is 45.1 cm³/mol. The summed E-state index contributed by atoms with van der Waals surface area (Å²) in [5.41, 5.74) is 5.47. The fraction of sp³-hybridized carbons (Fsp3) is 0.286. The summed E-state index contributed by atoms with van der Waals surface area (Å²) in [6.45, 7) is 0. The molecule has 1 atom stereocenters. The predicted octanol–water partition coefficient (Wildman–Crippen LogP) is 1.18. The van der Waals surface area contributed by atoms with Crippen LogP contribution in [0, 0.1) is 0 Å². The Bertz CT molecular complexity index is 235. The third kappa shape index (κ3) is 2.94. The number of carboxylic acid groups (broad SMARTS) is 1. The number of halogens is 1. The van der Waals surface area contributed by atoms with Gasteiger partial charge >= 0.3 is 5.97 Å². The Morgan fingerprint density at radius 3 is 2.83 bits per heavy atom. The lowest BCUT2D eigenvalue weighted by molar-refractivity contribution is -0.137. The van der Waals surface area contributed by atoms with Crippen LogP contribution in [0.4, 0.5) is 0 Å². The first-order chi connectivity index (χ1) is 5.20. The van der Waals surface area contributed by atoms with Gasteiger partial charge in [-0.3, -0.25) is 4.79 Å². The number of aliphatic carboxylic acids is 1. The molecule has 0 spiro atoms. The lowest BCUT2D eigenvalue weighted by atomic mass is 10.2. The topological polar surface area (TPSA) is 76.5 Å². The molecule has 0 saturated carbocycles. The van der Waals surface area contributed by atoms with Crippen molar-refractivity contribution in [3.05, 3.63) is 24.2 Å². The van der Waals surface area contributed by atoms with E-state index in [9.17, 15) is 4.79 Å². The maximum atomic E-state index is 10.2. The monoisotopic (exact) mass is 191 g/mol. The van der Waals surface area contributed by atoms with Gasteiger partial charge in [-0.25, -0.2) is 0 Å². The van der Waals surface area contributed by atoms with Crippen LogP contribution in [0.3, 0.4) is 0 Å². The van der Waals surface area contributed by atoms with E-state index in [1.807, 2.05) is 0 Å². The minimum Gasteiger partial charge on any atom is -0.481 e. The molecule has 0 aliphatic rings. The quantitative estimate of drug-likeness (QED) is 0.752. The molecule has 0 aliphatic heterocycles. The Balaban J connectivity index is 0.00000121. The van der Waals surface area contributed by atoms with Crippen LogP contribution in [-0.2, 0) is 4.79 Å². The van der Waals surface area contributed by atoms with Crippen molar-refractivity contribution in [2.24, 2.45) is 5.73 Å². The van der Waals surface area contributed by atoms with Crippen LogP contribution in [-0.4, -0.2) is 11.1 Å². The molecule has 0 saturated heterocycles. The summed E-state index contributed by atoms with van der Waals surface area (Å²) in [7, 11) is 0. The molecule has 0 fully saturated rings. The number of nitrogens with two attached hydrogens (primary N) is 1. The normalized spacial score (nSPS) is 11.8. The maximum absolute atomic E-state index is 10.2. The summed E-state index contributed by atoms with van der Waals surface area (Å²) < 4.78 is 4.91. The standard InChI is InChI=1S/C7H9NO3.ClH/c8-5(4-7(9)10)6-2-1-3-11-6;/h1-3,5H,4,8H2,(H,9,10);1H. The number of hydrogen-bond donors (Lipinski definition) is 2. The van der Waals surface area contributed by atoms with Crippen LogP contribution in [0.25, 0.3) is 0 Å². The Hall–Kier alpha value is -1.00. The van der Waals surface area contributed by atoms with Crippen molar-refractivity contribution in [3.8, 4) is 0 Å². The second kappa shape index (κ2) is 4.79. The molecule has 1 unspecified atom stereocenters. The minimum atomic E-state index is -0.922. The van der Waals surface area contributed by atoms with Gasteiger partial charge in [0.1, 0.15) is 5.76 Å². The van der Waals surface area contributed by atoms with E-state index in [-0.39, 0.29) is 18.8 Å². The molecule has 0 aliphatic carbocycles. The largest absolute Gasteiger partial charge is 0.481 e. The van der Waals surface area contributed by atoms with E-state index < -0.39 is 12.0 Å². The molecule has 1 rings (SSSR count). The van der Waals surface area contributed by atoms with Crippen molar-refractivity contribution in [2.75, 3.05) is 0 Å². The first kappa shape index (κ1) is 11.0. The molecule has 0 bridgehead atoms. The van der Waals surface area contributed by atoms with Crippen LogP contribution < -0.4 is 5.73 Å². The lowest BCUT2D eigenvalue weighted by Crippen LogP contribution is -2.13. The molecule has 1 aromatic rings. The van der Waals surface area contributed by atoms with E-state index in [0.29, 0.717) is 5.76 Å². The highest BCUT2D eigenvalue weighted by Gasteiger charge is 2.11. The van der Waals surface area contributed by atoms with Crippen molar-refractivity contribution in [1.29, 1.82) is 0 Å². The van der Waals surface area contributed by atoms with Gasteiger partial charge in [-0.2, -0.15) is 0 Å². The maximum Gasteiger partial charge on any atom is 0.305 e. The fourth-order valence-corrected chi connectivity index (χ4v) is 0.791. The number of hydrogen-bond acceptors (Lipinski definition) is 3. The Morgan fingerprint density at radius 1 is 1.75 bits per heavy atom. The molecular weight excluding hydrogens is 182 g/mol. The van der Waals surface area contributed by atoms with Crippen LogP contribution in [0.5, 0.6) is 0 Å². The van der Waals surface area contributed by atoms with Gasteiger partial charge in [0.15, 0.2) is 0 Å². The van der Waals surface area contributed by atoms with E-state index in [1.165, 1.54) is 6.26 Å². The third-order valence-electron chi connectivity index (χ3n) is 1.30. The van der Waals surface area contributed by atoms with Gasteiger partial charge in [0, 0.05) is 0 Å². The summed E-state index contributed by atoms with van der Waals surface area (Å²) in [5.74, 6) is -0.415. The van der Waals surface area contributed by atoms with Crippen molar-refractivity contribution in [2.45, 2.75) is 12.5 Å². The zero-order valence-corrected chi connectivity index (χ0v) is 7.08. The zero-order valence-electron chi connectivity index (χ0n) is 6.27. The van der Waals surface area contributed by atoms with Crippen molar-refractivity contribution >= 4 is 18.4 Å². The molecule has 12 heavy (non-hydrogen) atoms. The van der Waals surface area contributed by atoms with Gasteiger partial charge < -0.3 is 15.3 Å². The number of furan rings is 1. The average molecular weight is 192 g/mol. The number of carbonyl (C=O) groups is 1. The van der Waals surface area contributed by atoms with E-state index in [2.05, 4.69) is 0 Å². The molecule has 68 valence electrons. The van der Waals surface area contributed by atoms with E-state index in [0.717, 1.165) is 0 Å². The summed E-state index contributed by atoms with van der Waals surface area (Å²) in [4.78, 5) is 10.2. The van der Waals surface area contributed by atoms with Gasteiger partial charge in [0.25, 0.3) is 0 Å². The van der Waals surface area contributed by atoms with Crippen molar-refractivity contribution in [3.63, 3.8) is 0 Å². The van der Waals surface area contributed by atoms with Crippen LogP contribution >= 0.6 is 12.4 Å². The van der Waals surface area contributed by atoms with E-state index in [4.69, 9.17) is 15.3 Å². The molecule has 0 radical (unpaired) electrons. The van der Waals surface area contributed by atoms with Crippen LogP contribution in [0.1, 0.15) is 18.2 Å². The fourth-order valence-electron chi connectivity index (χ4n) is 0.791. The van der Waals surface area contributed by atoms with Gasteiger partial charge in [-0.1, -0.05) is 0 Å². The average Bonchev–Trinajstić information content (AvgIpc) is 2.35. The number of rotatable bonds is 3. The summed E-state index contributed by atoms with van der Waals surface area (Å²) in [6, 6.07) is 2.80. The summed E-state index contributed by atoms with van der Waals surface area (Å²) in [6.07, 6.45) is 1.37. The molecule has 4 nitrogen and oxygen atoms in total. The molecule has 0 aromatic carbocycles. The highest BCUT2D eigenvalue weighted by Crippen LogP contribution is 2.13. The Labute approximate surface area is 75.8 Å². The highest BCUT2D eigenvalue weighted by molar-refractivity contribution is 5.85. The first-order valence-electron chi connectivity index (χ1n) is 3.21. The summed E-state index contributed by atoms with van der Waals surface area (Å²) >= 11 is 0. The van der Waals surface area contributed by atoms with Gasteiger partial charge in [0.2, 0.25) is 0 Å². The Kier molecular flexibility index (Phi) is 4.39.